The van der Waals surface area contributed by atoms with E-state index in [9.17, 15) is 0 Å². The molecule has 0 radical (unpaired) electrons. The third-order valence-corrected chi connectivity index (χ3v) is 4.50. The number of nitrogens with zero attached hydrogens (tertiary/aromatic N) is 4. The highest BCUT2D eigenvalue weighted by Gasteiger charge is 2.16. The number of hydrogen-bond donors (Lipinski definition) is 2. The first-order valence-electron chi connectivity index (χ1n) is 9.13. The first-order chi connectivity index (χ1) is 13.7. The lowest BCUT2D eigenvalue weighted by molar-refractivity contribution is 0.171. The van der Waals surface area contributed by atoms with Gasteiger partial charge in [-0.05, 0) is 36.8 Å². The zero-order valence-electron chi connectivity index (χ0n) is 15.5. The Morgan fingerprint density at radius 1 is 1.21 bits per heavy atom. The van der Waals surface area contributed by atoms with Gasteiger partial charge in [-0.15, -0.1) is 10.2 Å². The molecule has 0 saturated heterocycles. The molecule has 28 heavy (non-hydrogen) atoms. The van der Waals surface area contributed by atoms with Crippen LogP contribution in [0.1, 0.15) is 18.3 Å². The third kappa shape index (κ3) is 3.96. The molecule has 1 aliphatic rings. The predicted octanol–water partition coefficient (Wildman–Crippen LogP) is 2.41. The van der Waals surface area contributed by atoms with Crippen LogP contribution >= 0.6 is 11.6 Å². The van der Waals surface area contributed by atoms with E-state index in [1.807, 2.05) is 47.9 Å². The van der Waals surface area contributed by atoms with E-state index in [4.69, 9.17) is 21.1 Å². The van der Waals surface area contributed by atoms with Crippen LogP contribution in [0.2, 0.25) is 5.02 Å². The number of benzene rings is 1. The molecule has 4 rings (SSSR count). The van der Waals surface area contributed by atoms with Crippen molar-refractivity contribution in [1.29, 1.82) is 0 Å². The quantitative estimate of drug-likeness (QED) is 0.505. The van der Waals surface area contributed by atoms with Crippen LogP contribution in [0.3, 0.4) is 0 Å². The molecule has 0 amide bonds. The summed E-state index contributed by atoms with van der Waals surface area (Å²) in [5, 5.41) is 15.4. The summed E-state index contributed by atoms with van der Waals surface area (Å²) in [5.41, 5.74) is 1.76. The van der Waals surface area contributed by atoms with Crippen LogP contribution < -0.4 is 20.1 Å². The van der Waals surface area contributed by atoms with E-state index in [0.29, 0.717) is 48.8 Å². The highest BCUT2D eigenvalue weighted by Crippen LogP contribution is 2.38. The molecule has 146 valence electrons. The van der Waals surface area contributed by atoms with Crippen LogP contribution in [-0.2, 0) is 13.1 Å². The first-order valence-corrected chi connectivity index (χ1v) is 9.51. The molecule has 9 heteroatoms. The second-order valence-electron chi connectivity index (χ2n) is 6.20. The summed E-state index contributed by atoms with van der Waals surface area (Å²) in [5.74, 6) is 2.76. The molecule has 0 unspecified atom stereocenters. The number of ether oxygens (including phenoxy) is 2. The fraction of sp³-hybridized carbons (Fsp3) is 0.316. The Morgan fingerprint density at radius 2 is 2.11 bits per heavy atom. The lowest BCUT2D eigenvalue weighted by Crippen LogP contribution is -2.37. The van der Waals surface area contributed by atoms with E-state index < -0.39 is 0 Å². The monoisotopic (exact) mass is 400 g/mol. The Kier molecular flexibility index (Phi) is 5.48. The number of hydrogen-bond acceptors (Lipinski definition) is 5. The minimum atomic E-state index is 0.451. The Bertz CT molecular complexity index is 1000. The molecule has 3 heterocycles. The predicted molar refractivity (Wildman–Crippen MR) is 107 cm³/mol. The smallest absolute Gasteiger partial charge is 0.191 e. The largest absolute Gasteiger partial charge is 0.486 e. The van der Waals surface area contributed by atoms with Crippen LogP contribution in [0.5, 0.6) is 11.5 Å². The van der Waals surface area contributed by atoms with Gasteiger partial charge in [0.05, 0.1) is 18.1 Å². The topological polar surface area (TPSA) is 85.1 Å². The third-order valence-electron chi connectivity index (χ3n) is 4.22. The normalized spacial score (nSPS) is 13.6. The van der Waals surface area contributed by atoms with Crippen LogP contribution in [-0.4, -0.2) is 40.3 Å². The molecule has 3 aromatic rings. The maximum atomic E-state index is 6.31. The van der Waals surface area contributed by atoms with Crippen molar-refractivity contribution in [3.63, 3.8) is 0 Å². The molecule has 2 N–H and O–H groups in total. The van der Waals surface area contributed by atoms with E-state index in [1.54, 1.807) is 0 Å². The van der Waals surface area contributed by atoms with E-state index in [0.717, 1.165) is 23.6 Å². The second-order valence-corrected chi connectivity index (χ2v) is 6.60. The maximum Gasteiger partial charge on any atom is 0.191 e. The summed E-state index contributed by atoms with van der Waals surface area (Å²) in [6.07, 6.45) is 1.94. The number of fused-ring (bicyclic) bond motifs is 2. The van der Waals surface area contributed by atoms with Crippen LogP contribution in [0, 0.1) is 0 Å². The van der Waals surface area contributed by atoms with Crippen molar-refractivity contribution in [2.75, 3.05) is 19.8 Å². The van der Waals surface area contributed by atoms with E-state index >= 15 is 0 Å². The molecule has 2 aromatic heterocycles. The molecule has 8 nitrogen and oxygen atoms in total. The summed E-state index contributed by atoms with van der Waals surface area (Å²) < 4.78 is 13.1. The van der Waals surface area contributed by atoms with Gasteiger partial charge in [-0.2, -0.15) is 0 Å². The lowest BCUT2D eigenvalue weighted by atomic mass is 10.2. The van der Waals surface area contributed by atoms with Crippen molar-refractivity contribution in [1.82, 2.24) is 25.2 Å². The van der Waals surface area contributed by atoms with Gasteiger partial charge in [-0.3, -0.25) is 4.40 Å². The van der Waals surface area contributed by atoms with Gasteiger partial charge < -0.3 is 20.1 Å². The minimum absolute atomic E-state index is 0.451. The average molecular weight is 401 g/mol. The summed E-state index contributed by atoms with van der Waals surface area (Å²) in [6, 6.07) is 9.57. The maximum absolute atomic E-state index is 6.31. The number of aromatic nitrogens is 3. The Balaban J connectivity index is 1.47. The first kappa shape index (κ1) is 18.4. The number of guanidine groups is 1. The van der Waals surface area contributed by atoms with Crippen LogP contribution in [0.4, 0.5) is 0 Å². The molecule has 0 spiro atoms. The number of nitrogens with one attached hydrogen (secondary N) is 2. The number of aliphatic imine (C=N–C) groups is 1. The molecular formula is C19H21ClN6O2. The van der Waals surface area contributed by atoms with Crippen molar-refractivity contribution >= 4 is 23.2 Å². The minimum Gasteiger partial charge on any atom is -0.486 e. The summed E-state index contributed by atoms with van der Waals surface area (Å²) in [7, 11) is 0. The standard InChI is InChI=1S/C19H21ClN6O2/c1-2-21-19(23-12-17-25-24-16-5-3-4-6-26(16)17)22-11-13-9-14(20)18-15(10-13)27-7-8-28-18/h3-6,9-10H,2,7-8,11-12H2,1H3,(H2,21,22,23). The molecular weight excluding hydrogens is 380 g/mol. The molecule has 0 fully saturated rings. The van der Waals surface area contributed by atoms with E-state index in [2.05, 4.69) is 25.8 Å². The molecule has 1 aromatic carbocycles. The van der Waals surface area contributed by atoms with E-state index in [-0.39, 0.29) is 0 Å². The Labute approximate surface area is 167 Å². The zero-order chi connectivity index (χ0) is 19.3. The van der Waals surface area contributed by atoms with Gasteiger partial charge in [0.15, 0.2) is 28.9 Å². The van der Waals surface area contributed by atoms with Gasteiger partial charge in [0.2, 0.25) is 0 Å². The Morgan fingerprint density at radius 3 is 3.00 bits per heavy atom. The van der Waals surface area contributed by atoms with Crippen LogP contribution in [0.15, 0.2) is 41.5 Å². The molecule has 1 aliphatic heterocycles. The lowest BCUT2D eigenvalue weighted by Gasteiger charge is -2.20. The highest BCUT2D eigenvalue weighted by atomic mass is 35.5. The van der Waals surface area contributed by atoms with Crippen molar-refractivity contribution in [3.8, 4) is 11.5 Å². The summed E-state index contributed by atoms with van der Waals surface area (Å²) in [4.78, 5) is 4.64. The Hall–Kier alpha value is -3.00. The van der Waals surface area contributed by atoms with E-state index in [1.165, 1.54) is 0 Å². The van der Waals surface area contributed by atoms with Gasteiger partial charge in [0, 0.05) is 12.7 Å². The van der Waals surface area contributed by atoms with Gasteiger partial charge in [0.25, 0.3) is 0 Å². The van der Waals surface area contributed by atoms with Gasteiger partial charge in [-0.1, -0.05) is 17.7 Å². The number of halogens is 1. The molecule has 0 bridgehead atoms. The van der Waals surface area contributed by atoms with Crippen molar-refractivity contribution < 1.29 is 9.47 Å². The molecule has 0 saturated carbocycles. The second kappa shape index (κ2) is 8.35. The fourth-order valence-electron chi connectivity index (χ4n) is 2.94. The SMILES string of the molecule is CCNC(=NCc1cc(Cl)c2c(c1)OCCO2)NCc1nnc2ccccn12. The summed E-state index contributed by atoms with van der Waals surface area (Å²) >= 11 is 6.31. The number of pyridine rings is 1. The van der Waals surface area contributed by atoms with Crippen molar-refractivity contribution in [3.05, 3.63) is 52.9 Å². The molecule has 0 atom stereocenters. The highest BCUT2D eigenvalue weighted by molar-refractivity contribution is 6.32. The zero-order valence-corrected chi connectivity index (χ0v) is 16.2. The van der Waals surface area contributed by atoms with Crippen molar-refractivity contribution in [2.24, 2.45) is 4.99 Å². The van der Waals surface area contributed by atoms with Gasteiger partial charge in [-0.25, -0.2) is 4.99 Å². The number of rotatable bonds is 5. The van der Waals surface area contributed by atoms with Crippen LogP contribution in [0.25, 0.3) is 5.65 Å². The summed E-state index contributed by atoms with van der Waals surface area (Å²) in [6.45, 7) is 4.74. The van der Waals surface area contributed by atoms with Gasteiger partial charge in [0.1, 0.15) is 13.2 Å². The van der Waals surface area contributed by atoms with Gasteiger partial charge >= 0.3 is 0 Å². The molecule has 0 aliphatic carbocycles. The van der Waals surface area contributed by atoms with Crippen molar-refractivity contribution in [2.45, 2.75) is 20.0 Å². The average Bonchev–Trinajstić information content (AvgIpc) is 3.13. The fourth-order valence-corrected chi connectivity index (χ4v) is 3.23.